The van der Waals surface area contributed by atoms with Crippen LogP contribution in [0, 0.1) is 12.7 Å². The van der Waals surface area contributed by atoms with Gasteiger partial charge >= 0.3 is 0 Å². The summed E-state index contributed by atoms with van der Waals surface area (Å²) < 4.78 is 40.8. The van der Waals surface area contributed by atoms with Crippen molar-refractivity contribution in [3.63, 3.8) is 0 Å². The van der Waals surface area contributed by atoms with Crippen molar-refractivity contribution in [3.8, 4) is 0 Å². The molecule has 0 saturated carbocycles. The van der Waals surface area contributed by atoms with Crippen molar-refractivity contribution >= 4 is 33.0 Å². The number of anilines is 2. The zero-order valence-electron chi connectivity index (χ0n) is 12.4. The molecule has 2 aromatic carbocycles. The zero-order valence-corrected chi connectivity index (χ0v) is 14.0. The number of aryl methyl sites for hydroxylation is 1. The molecule has 0 aliphatic carbocycles. The Morgan fingerprint density at radius 1 is 1.14 bits per heavy atom. The molecule has 0 atom stereocenters. The van der Waals surface area contributed by atoms with Gasteiger partial charge in [-0.1, -0.05) is 11.6 Å². The summed E-state index contributed by atoms with van der Waals surface area (Å²) in [7, 11) is -0.332. The normalized spacial score (nSPS) is 11.3. The molecule has 7 heteroatoms. The Morgan fingerprint density at radius 2 is 1.82 bits per heavy atom. The number of hydrogen-bond acceptors (Lipinski definition) is 3. The molecular formula is C15H16ClFN2O2S. The lowest BCUT2D eigenvalue weighted by Gasteiger charge is -2.18. The van der Waals surface area contributed by atoms with Crippen LogP contribution in [0.5, 0.6) is 0 Å². The summed E-state index contributed by atoms with van der Waals surface area (Å²) in [5.41, 5.74) is 1.39. The SMILES string of the molecule is Cc1cc(S(=O)(=O)Nc2cc(F)ccc2N(C)C)ccc1Cl. The Labute approximate surface area is 134 Å². The molecule has 0 amide bonds. The highest BCUT2D eigenvalue weighted by molar-refractivity contribution is 7.92. The van der Waals surface area contributed by atoms with E-state index in [2.05, 4.69) is 4.72 Å². The molecule has 0 unspecified atom stereocenters. The van der Waals surface area contributed by atoms with Gasteiger partial charge < -0.3 is 4.90 Å². The number of halogens is 2. The fourth-order valence-corrected chi connectivity index (χ4v) is 3.24. The van der Waals surface area contributed by atoms with Crippen LogP contribution in [0.1, 0.15) is 5.56 Å². The van der Waals surface area contributed by atoms with Crippen molar-refractivity contribution in [2.24, 2.45) is 0 Å². The third kappa shape index (κ3) is 3.51. The maximum absolute atomic E-state index is 13.4. The second kappa shape index (κ2) is 6.14. The number of rotatable bonds is 4. The third-order valence-corrected chi connectivity index (χ3v) is 4.91. The lowest BCUT2D eigenvalue weighted by Crippen LogP contribution is -2.17. The Morgan fingerprint density at radius 3 is 2.41 bits per heavy atom. The molecule has 2 rings (SSSR count). The number of nitrogens with one attached hydrogen (secondary N) is 1. The summed E-state index contributed by atoms with van der Waals surface area (Å²) in [5, 5.41) is 0.485. The first-order valence-electron chi connectivity index (χ1n) is 6.46. The van der Waals surface area contributed by atoms with Gasteiger partial charge in [-0.25, -0.2) is 12.8 Å². The summed E-state index contributed by atoms with van der Waals surface area (Å²) in [6.07, 6.45) is 0. The minimum atomic E-state index is -3.83. The van der Waals surface area contributed by atoms with Crippen LogP contribution in [0.15, 0.2) is 41.3 Å². The molecule has 0 saturated heterocycles. The van der Waals surface area contributed by atoms with E-state index in [4.69, 9.17) is 11.6 Å². The van der Waals surface area contributed by atoms with E-state index in [0.29, 0.717) is 16.3 Å². The van der Waals surface area contributed by atoms with Crippen LogP contribution in [0.25, 0.3) is 0 Å². The third-order valence-electron chi connectivity index (χ3n) is 3.12. The minimum absolute atomic E-state index is 0.0726. The predicted molar refractivity (Wildman–Crippen MR) is 87.7 cm³/mol. The molecule has 0 aromatic heterocycles. The van der Waals surface area contributed by atoms with E-state index in [9.17, 15) is 12.8 Å². The average Bonchev–Trinajstić information content (AvgIpc) is 2.41. The van der Waals surface area contributed by atoms with Crippen LogP contribution >= 0.6 is 11.6 Å². The van der Waals surface area contributed by atoms with Gasteiger partial charge in [0.05, 0.1) is 16.3 Å². The molecule has 1 N–H and O–H groups in total. The molecular weight excluding hydrogens is 327 g/mol. The van der Waals surface area contributed by atoms with Gasteiger partial charge in [0.25, 0.3) is 10.0 Å². The Balaban J connectivity index is 2.44. The van der Waals surface area contributed by atoms with Crippen molar-refractivity contribution in [2.45, 2.75) is 11.8 Å². The maximum atomic E-state index is 13.4. The Bertz CT molecular complexity index is 807. The molecule has 0 aliphatic rings. The lowest BCUT2D eigenvalue weighted by molar-refractivity contribution is 0.601. The quantitative estimate of drug-likeness (QED) is 0.922. The van der Waals surface area contributed by atoms with E-state index in [1.54, 1.807) is 25.9 Å². The second-order valence-electron chi connectivity index (χ2n) is 5.07. The molecule has 0 aliphatic heterocycles. The average molecular weight is 343 g/mol. The molecule has 4 nitrogen and oxygen atoms in total. The van der Waals surface area contributed by atoms with Crippen LogP contribution in [0.2, 0.25) is 5.02 Å². The predicted octanol–water partition coefficient (Wildman–Crippen LogP) is 3.65. The molecule has 22 heavy (non-hydrogen) atoms. The number of sulfonamides is 1. The fraction of sp³-hybridized carbons (Fsp3) is 0.200. The van der Waals surface area contributed by atoms with Crippen LogP contribution in [-0.2, 0) is 10.0 Å². The standard InChI is InChI=1S/C15H16ClFN2O2S/c1-10-8-12(5-6-13(10)16)22(20,21)18-14-9-11(17)4-7-15(14)19(2)3/h4-9,18H,1-3H3. The largest absolute Gasteiger partial charge is 0.376 e. The number of nitrogens with zero attached hydrogens (tertiary/aromatic N) is 1. The molecule has 0 fully saturated rings. The van der Waals surface area contributed by atoms with E-state index in [-0.39, 0.29) is 10.6 Å². The first kappa shape index (κ1) is 16.6. The number of benzene rings is 2. The van der Waals surface area contributed by atoms with Gasteiger partial charge in [-0.2, -0.15) is 0 Å². The Kier molecular flexibility index (Phi) is 4.63. The summed E-state index contributed by atoms with van der Waals surface area (Å²) in [6.45, 7) is 1.72. The molecule has 118 valence electrons. The van der Waals surface area contributed by atoms with Gasteiger partial charge in [0.2, 0.25) is 0 Å². The van der Waals surface area contributed by atoms with Crippen molar-refractivity contribution in [1.29, 1.82) is 0 Å². The van der Waals surface area contributed by atoms with Crippen LogP contribution in [0.3, 0.4) is 0 Å². The van der Waals surface area contributed by atoms with Crippen LogP contribution < -0.4 is 9.62 Å². The van der Waals surface area contributed by atoms with Gasteiger partial charge in [0.1, 0.15) is 5.82 Å². The van der Waals surface area contributed by atoms with Crippen molar-refractivity contribution in [1.82, 2.24) is 0 Å². The smallest absolute Gasteiger partial charge is 0.261 e. The van der Waals surface area contributed by atoms with E-state index in [1.165, 1.54) is 30.3 Å². The van der Waals surface area contributed by atoms with Crippen LogP contribution in [0.4, 0.5) is 15.8 Å². The summed E-state index contributed by atoms with van der Waals surface area (Å²) in [5.74, 6) is -0.518. The van der Waals surface area contributed by atoms with E-state index in [1.807, 2.05) is 0 Å². The molecule has 0 radical (unpaired) electrons. The minimum Gasteiger partial charge on any atom is -0.376 e. The molecule has 2 aromatic rings. The maximum Gasteiger partial charge on any atom is 0.261 e. The van der Waals surface area contributed by atoms with Crippen molar-refractivity contribution < 1.29 is 12.8 Å². The summed E-state index contributed by atoms with van der Waals surface area (Å²) in [6, 6.07) is 8.34. The fourth-order valence-electron chi connectivity index (χ4n) is 1.97. The van der Waals surface area contributed by atoms with Crippen molar-refractivity contribution in [3.05, 3.63) is 52.8 Å². The number of hydrogen-bond donors (Lipinski definition) is 1. The molecule has 0 spiro atoms. The van der Waals surface area contributed by atoms with Gasteiger partial charge in [-0.05, 0) is 42.8 Å². The second-order valence-corrected chi connectivity index (χ2v) is 7.16. The van der Waals surface area contributed by atoms with E-state index < -0.39 is 15.8 Å². The van der Waals surface area contributed by atoms with Gasteiger partial charge in [0.15, 0.2) is 0 Å². The first-order chi connectivity index (χ1) is 10.2. The lowest BCUT2D eigenvalue weighted by atomic mass is 10.2. The molecule has 0 heterocycles. The topological polar surface area (TPSA) is 49.4 Å². The highest BCUT2D eigenvalue weighted by Gasteiger charge is 2.18. The highest BCUT2D eigenvalue weighted by atomic mass is 35.5. The summed E-state index contributed by atoms with van der Waals surface area (Å²) >= 11 is 5.91. The highest BCUT2D eigenvalue weighted by Crippen LogP contribution is 2.28. The Hall–Kier alpha value is -1.79. The van der Waals surface area contributed by atoms with Gasteiger partial charge in [-0.15, -0.1) is 0 Å². The first-order valence-corrected chi connectivity index (χ1v) is 8.32. The monoisotopic (exact) mass is 342 g/mol. The van der Waals surface area contributed by atoms with E-state index in [0.717, 1.165) is 6.07 Å². The van der Waals surface area contributed by atoms with Crippen molar-refractivity contribution in [2.75, 3.05) is 23.7 Å². The summed E-state index contributed by atoms with van der Waals surface area (Å²) in [4.78, 5) is 1.77. The van der Waals surface area contributed by atoms with Gasteiger partial charge in [0, 0.05) is 25.2 Å². The molecule has 0 bridgehead atoms. The van der Waals surface area contributed by atoms with Crippen LogP contribution in [-0.4, -0.2) is 22.5 Å². The van der Waals surface area contributed by atoms with Gasteiger partial charge in [-0.3, -0.25) is 4.72 Å². The van der Waals surface area contributed by atoms with E-state index >= 15 is 0 Å². The zero-order chi connectivity index (χ0) is 16.5.